The van der Waals surface area contributed by atoms with Gasteiger partial charge in [-0.15, -0.1) is 0 Å². The predicted octanol–water partition coefficient (Wildman–Crippen LogP) is 4.20. The fourth-order valence-corrected chi connectivity index (χ4v) is 2.58. The Kier molecular flexibility index (Phi) is 6.10. The summed E-state index contributed by atoms with van der Waals surface area (Å²) in [7, 11) is 0. The Labute approximate surface area is 156 Å². The van der Waals surface area contributed by atoms with Crippen LogP contribution < -0.4 is 10.6 Å². The van der Waals surface area contributed by atoms with Crippen molar-refractivity contribution in [2.75, 3.05) is 17.2 Å². The maximum Gasteiger partial charge on any atom is 0.228 e. The van der Waals surface area contributed by atoms with Crippen molar-refractivity contribution in [3.8, 4) is 0 Å². The molecule has 0 bridgehead atoms. The van der Waals surface area contributed by atoms with Crippen LogP contribution in [0.2, 0.25) is 0 Å². The minimum atomic E-state index is -0.397. The third kappa shape index (κ3) is 5.60. The second-order valence-corrected chi connectivity index (χ2v) is 6.05. The summed E-state index contributed by atoms with van der Waals surface area (Å²) >= 11 is 0. The Morgan fingerprint density at radius 3 is 2.44 bits per heavy atom. The lowest BCUT2D eigenvalue weighted by Gasteiger charge is -2.08. The van der Waals surface area contributed by atoms with E-state index in [1.807, 2.05) is 0 Å². The monoisotopic (exact) mass is 367 g/mol. The lowest BCUT2D eigenvalue weighted by molar-refractivity contribution is -0.115. The van der Waals surface area contributed by atoms with E-state index in [9.17, 15) is 13.6 Å². The van der Waals surface area contributed by atoms with Crippen LogP contribution in [0.3, 0.4) is 0 Å². The van der Waals surface area contributed by atoms with Gasteiger partial charge in [-0.05, 0) is 47.9 Å². The summed E-state index contributed by atoms with van der Waals surface area (Å²) in [5.74, 6) is -0.282. The number of anilines is 2. The minimum Gasteiger partial charge on any atom is -0.370 e. The highest BCUT2D eigenvalue weighted by Gasteiger charge is 2.08. The molecule has 1 aromatic heterocycles. The fraction of sp³-hybridized carbons (Fsp3) is 0.143. The first-order valence-corrected chi connectivity index (χ1v) is 8.58. The van der Waals surface area contributed by atoms with Crippen molar-refractivity contribution in [2.24, 2.45) is 0 Å². The molecule has 0 unspecified atom stereocenters. The SMILES string of the molecule is O=C(Cc1ccccc1F)Nc1ccc(NCCc2ccc(F)cc2)nc1. The number of carbonyl (C=O) groups is 1. The Hall–Kier alpha value is -3.28. The van der Waals surface area contributed by atoms with Gasteiger partial charge in [-0.3, -0.25) is 4.79 Å². The second kappa shape index (κ2) is 8.89. The van der Waals surface area contributed by atoms with Gasteiger partial charge in [-0.2, -0.15) is 0 Å². The molecule has 3 rings (SSSR count). The quantitative estimate of drug-likeness (QED) is 0.658. The molecule has 27 heavy (non-hydrogen) atoms. The average Bonchev–Trinajstić information content (AvgIpc) is 2.67. The van der Waals surface area contributed by atoms with Crippen molar-refractivity contribution in [3.63, 3.8) is 0 Å². The Balaban J connectivity index is 1.47. The van der Waals surface area contributed by atoms with Gasteiger partial charge >= 0.3 is 0 Å². The highest BCUT2D eigenvalue weighted by Crippen LogP contribution is 2.12. The van der Waals surface area contributed by atoms with Crippen molar-refractivity contribution in [3.05, 3.63) is 89.6 Å². The molecule has 0 fully saturated rings. The van der Waals surface area contributed by atoms with Gasteiger partial charge in [0.15, 0.2) is 0 Å². The number of carbonyl (C=O) groups excluding carboxylic acids is 1. The maximum absolute atomic E-state index is 13.6. The molecule has 0 aliphatic carbocycles. The first kappa shape index (κ1) is 18.5. The maximum atomic E-state index is 13.6. The van der Waals surface area contributed by atoms with Crippen LogP contribution in [0, 0.1) is 11.6 Å². The number of nitrogens with zero attached hydrogens (tertiary/aromatic N) is 1. The highest BCUT2D eigenvalue weighted by atomic mass is 19.1. The van der Waals surface area contributed by atoms with Crippen LogP contribution in [-0.2, 0) is 17.6 Å². The van der Waals surface area contributed by atoms with E-state index < -0.39 is 5.82 Å². The molecule has 138 valence electrons. The molecular formula is C21H19F2N3O. The van der Waals surface area contributed by atoms with E-state index in [1.54, 1.807) is 48.7 Å². The number of amides is 1. The molecule has 0 spiro atoms. The molecule has 2 N–H and O–H groups in total. The number of nitrogens with one attached hydrogen (secondary N) is 2. The number of hydrogen-bond acceptors (Lipinski definition) is 3. The predicted molar refractivity (Wildman–Crippen MR) is 102 cm³/mol. The lowest BCUT2D eigenvalue weighted by atomic mass is 10.1. The molecule has 0 aliphatic rings. The van der Waals surface area contributed by atoms with Gasteiger partial charge in [0.1, 0.15) is 17.5 Å². The van der Waals surface area contributed by atoms with Crippen LogP contribution in [0.5, 0.6) is 0 Å². The van der Waals surface area contributed by atoms with E-state index in [2.05, 4.69) is 15.6 Å². The zero-order valence-electron chi connectivity index (χ0n) is 14.6. The molecule has 4 nitrogen and oxygen atoms in total. The molecule has 0 saturated heterocycles. The second-order valence-electron chi connectivity index (χ2n) is 6.05. The summed E-state index contributed by atoms with van der Waals surface area (Å²) in [4.78, 5) is 16.3. The molecule has 1 amide bonds. The third-order valence-electron chi connectivity index (χ3n) is 3.99. The molecule has 6 heteroatoms. The van der Waals surface area contributed by atoms with Crippen molar-refractivity contribution < 1.29 is 13.6 Å². The van der Waals surface area contributed by atoms with Gasteiger partial charge in [0.25, 0.3) is 0 Å². The summed E-state index contributed by atoms with van der Waals surface area (Å²) in [6.45, 7) is 0.650. The Morgan fingerprint density at radius 1 is 0.963 bits per heavy atom. The largest absolute Gasteiger partial charge is 0.370 e. The van der Waals surface area contributed by atoms with Crippen LogP contribution in [-0.4, -0.2) is 17.4 Å². The molecule has 3 aromatic rings. The summed E-state index contributed by atoms with van der Waals surface area (Å²) in [5, 5.41) is 5.87. The number of halogens is 2. The normalized spacial score (nSPS) is 10.4. The van der Waals surface area contributed by atoms with E-state index in [4.69, 9.17) is 0 Å². The van der Waals surface area contributed by atoms with Gasteiger partial charge in [0, 0.05) is 6.54 Å². The molecular weight excluding hydrogens is 348 g/mol. The number of rotatable bonds is 7. The summed E-state index contributed by atoms with van der Waals surface area (Å²) < 4.78 is 26.5. The average molecular weight is 367 g/mol. The molecule has 0 atom stereocenters. The minimum absolute atomic E-state index is 0.0374. The Bertz CT molecular complexity index is 896. The standard InChI is InChI=1S/C21H19F2N3O/c22-17-7-5-15(6-8-17)11-12-24-20-10-9-18(14-25-20)26-21(27)13-16-3-1-2-4-19(16)23/h1-10,14H,11-13H2,(H,24,25)(H,26,27). The van der Waals surface area contributed by atoms with E-state index in [0.717, 1.165) is 12.0 Å². The van der Waals surface area contributed by atoms with Crippen LogP contribution >= 0.6 is 0 Å². The first-order chi connectivity index (χ1) is 13.1. The number of pyridine rings is 1. The molecule has 0 radical (unpaired) electrons. The summed E-state index contributed by atoms with van der Waals surface area (Å²) in [6, 6.07) is 16.0. The van der Waals surface area contributed by atoms with Gasteiger partial charge in [0.05, 0.1) is 18.3 Å². The number of aromatic nitrogens is 1. The highest BCUT2D eigenvalue weighted by molar-refractivity contribution is 5.92. The van der Waals surface area contributed by atoms with Gasteiger partial charge in [-0.1, -0.05) is 30.3 Å². The van der Waals surface area contributed by atoms with E-state index in [0.29, 0.717) is 23.6 Å². The smallest absolute Gasteiger partial charge is 0.228 e. The van der Waals surface area contributed by atoms with Crippen molar-refractivity contribution in [1.29, 1.82) is 0 Å². The third-order valence-corrected chi connectivity index (χ3v) is 3.99. The molecule has 0 aliphatic heterocycles. The number of hydrogen-bond donors (Lipinski definition) is 2. The van der Waals surface area contributed by atoms with E-state index in [1.165, 1.54) is 18.2 Å². The van der Waals surface area contributed by atoms with E-state index in [-0.39, 0.29) is 18.1 Å². The van der Waals surface area contributed by atoms with Crippen molar-refractivity contribution in [2.45, 2.75) is 12.8 Å². The molecule has 1 heterocycles. The van der Waals surface area contributed by atoms with Crippen LogP contribution in [0.15, 0.2) is 66.9 Å². The summed E-state index contributed by atoms with van der Waals surface area (Å²) in [5.41, 5.74) is 1.92. The Morgan fingerprint density at radius 2 is 1.74 bits per heavy atom. The molecule has 2 aromatic carbocycles. The van der Waals surface area contributed by atoms with E-state index >= 15 is 0 Å². The van der Waals surface area contributed by atoms with Gasteiger partial charge < -0.3 is 10.6 Å². The zero-order valence-corrected chi connectivity index (χ0v) is 14.6. The van der Waals surface area contributed by atoms with Crippen LogP contribution in [0.4, 0.5) is 20.3 Å². The first-order valence-electron chi connectivity index (χ1n) is 8.58. The summed E-state index contributed by atoms with van der Waals surface area (Å²) in [6.07, 6.45) is 2.24. The van der Waals surface area contributed by atoms with Gasteiger partial charge in [-0.25, -0.2) is 13.8 Å². The van der Waals surface area contributed by atoms with Crippen LogP contribution in [0.1, 0.15) is 11.1 Å². The zero-order chi connectivity index (χ0) is 19.1. The molecule has 0 saturated carbocycles. The fourth-order valence-electron chi connectivity index (χ4n) is 2.58. The van der Waals surface area contributed by atoms with Crippen molar-refractivity contribution >= 4 is 17.4 Å². The topological polar surface area (TPSA) is 54.0 Å². The number of benzene rings is 2. The van der Waals surface area contributed by atoms with Crippen molar-refractivity contribution in [1.82, 2.24) is 4.98 Å². The lowest BCUT2D eigenvalue weighted by Crippen LogP contribution is -2.15. The van der Waals surface area contributed by atoms with Gasteiger partial charge in [0.2, 0.25) is 5.91 Å². The van der Waals surface area contributed by atoms with Crippen LogP contribution in [0.25, 0.3) is 0 Å².